The lowest BCUT2D eigenvalue weighted by atomic mass is 10.0. The second-order valence-corrected chi connectivity index (χ2v) is 6.97. The number of Topliss-reactive ketones (excluding diaryl/α,β-unsaturated/α-hetero) is 1. The predicted molar refractivity (Wildman–Crippen MR) is 85.3 cm³/mol. The Morgan fingerprint density at radius 2 is 2.10 bits per heavy atom. The van der Waals surface area contributed by atoms with Gasteiger partial charge in [-0.25, -0.2) is 0 Å². The molecule has 2 atom stereocenters. The Hall–Kier alpha value is -1.20. The van der Waals surface area contributed by atoms with Crippen LogP contribution in [-0.2, 0) is 0 Å². The Balaban J connectivity index is 1.70. The Morgan fingerprint density at radius 3 is 2.76 bits per heavy atom. The molecule has 1 fully saturated rings. The van der Waals surface area contributed by atoms with Gasteiger partial charge in [-0.3, -0.25) is 9.59 Å². The van der Waals surface area contributed by atoms with Crippen LogP contribution in [0.3, 0.4) is 0 Å². The lowest BCUT2D eigenvalue weighted by molar-refractivity contribution is -0.928. The van der Waals surface area contributed by atoms with Crippen LogP contribution in [-0.4, -0.2) is 37.4 Å². The Morgan fingerprint density at radius 1 is 1.33 bits per heavy atom. The average molecular weight is 309 g/mol. The molecule has 0 spiro atoms. The molecule has 1 amide bonds. The summed E-state index contributed by atoms with van der Waals surface area (Å²) < 4.78 is 0. The van der Waals surface area contributed by atoms with E-state index in [0.717, 1.165) is 19.0 Å². The topological polar surface area (TPSA) is 50.6 Å². The van der Waals surface area contributed by atoms with E-state index in [4.69, 9.17) is 0 Å². The van der Waals surface area contributed by atoms with Crippen molar-refractivity contribution in [3.8, 4) is 0 Å². The van der Waals surface area contributed by atoms with Crippen molar-refractivity contribution in [3.63, 3.8) is 0 Å². The van der Waals surface area contributed by atoms with Crippen molar-refractivity contribution in [2.75, 3.05) is 19.6 Å². The van der Waals surface area contributed by atoms with Gasteiger partial charge in [0, 0.05) is 13.0 Å². The molecule has 1 aromatic rings. The highest BCUT2D eigenvalue weighted by Gasteiger charge is 2.21. The molecule has 4 nitrogen and oxygen atoms in total. The van der Waals surface area contributed by atoms with Gasteiger partial charge in [-0.1, -0.05) is 0 Å². The number of carbonyl (C=O) groups excluding carboxylic acids is 2. The van der Waals surface area contributed by atoms with Gasteiger partial charge in [-0.05, 0) is 45.2 Å². The predicted octanol–water partition coefficient (Wildman–Crippen LogP) is 1.53. The standard InChI is InChI=1S/C16H24N2O2S/c1-12-6-3-4-10-18(12)11-5-9-17-16(20)15-8-7-14(21-15)13(2)19/h7-8,12H,3-6,9-11H2,1-2H3,(H,17,20)/p+1/t12-/m0/s1. The van der Waals surface area contributed by atoms with Gasteiger partial charge in [0.2, 0.25) is 0 Å². The van der Waals surface area contributed by atoms with Crippen LogP contribution in [0.5, 0.6) is 0 Å². The molecule has 0 radical (unpaired) electrons. The number of rotatable bonds is 6. The van der Waals surface area contributed by atoms with E-state index in [-0.39, 0.29) is 11.7 Å². The third-order valence-corrected chi connectivity index (χ3v) is 5.40. The van der Waals surface area contributed by atoms with Gasteiger partial charge >= 0.3 is 0 Å². The number of piperidine rings is 1. The third-order valence-electron chi connectivity index (χ3n) is 4.22. The van der Waals surface area contributed by atoms with Gasteiger partial charge in [0.25, 0.3) is 5.91 Å². The number of hydrogen-bond donors (Lipinski definition) is 2. The summed E-state index contributed by atoms with van der Waals surface area (Å²) in [5, 5.41) is 2.95. The van der Waals surface area contributed by atoms with Crippen LogP contribution < -0.4 is 10.2 Å². The Labute approximate surface area is 130 Å². The van der Waals surface area contributed by atoms with Crippen LogP contribution in [0.4, 0.5) is 0 Å². The fraction of sp³-hybridized carbons (Fsp3) is 0.625. The fourth-order valence-corrected chi connectivity index (χ4v) is 3.70. The maximum Gasteiger partial charge on any atom is 0.261 e. The van der Waals surface area contributed by atoms with Gasteiger partial charge in [0.15, 0.2) is 5.78 Å². The molecule has 0 saturated carbocycles. The minimum Gasteiger partial charge on any atom is -0.351 e. The van der Waals surface area contributed by atoms with Crippen LogP contribution in [0.25, 0.3) is 0 Å². The molecule has 2 N–H and O–H groups in total. The molecule has 2 rings (SSSR count). The van der Waals surface area contributed by atoms with Crippen molar-refractivity contribution in [1.82, 2.24) is 5.32 Å². The van der Waals surface area contributed by atoms with Gasteiger partial charge in [0.05, 0.1) is 28.9 Å². The molecule has 1 aliphatic rings. The van der Waals surface area contributed by atoms with E-state index in [1.807, 2.05) is 0 Å². The quantitative estimate of drug-likeness (QED) is 0.618. The lowest BCUT2D eigenvalue weighted by Gasteiger charge is -2.30. The summed E-state index contributed by atoms with van der Waals surface area (Å²) in [7, 11) is 0. The molecule has 1 unspecified atom stereocenters. The summed E-state index contributed by atoms with van der Waals surface area (Å²) in [4.78, 5) is 26.1. The molecule has 2 heterocycles. The van der Waals surface area contributed by atoms with E-state index in [9.17, 15) is 9.59 Å². The second-order valence-electron chi connectivity index (χ2n) is 5.88. The largest absolute Gasteiger partial charge is 0.351 e. The Bertz CT molecular complexity index is 498. The normalized spacial score (nSPS) is 22.0. The van der Waals surface area contributed by atoms with Crippen LogP contribution in [0.15, 0.2) is 12.1 Å². The van der Waals surface area contributed by atoms with Crippen molar-refractivity contribution in [1.29, 1.82) is 0 Å². The number of hydrogen-bond acceptors (Lipinski definition) is 3. The summed E-state index contributed by atoms with van der Waals surface area (Å²) in [5.74, 6) is -0.0454. The summed E-state index contributed by atoms with van der Waals surface area (Å²) in [6.45, 7) is 6.95. The molecule has 0 aromatic carbocycles. The number of ketones is 1. The smallest absolute Gasteiger partial charge is 0.261 e. The zero-order chi connectivity index (χ0) is 15.2. The van der Waals surface area contributed by atoms with Gasteiger partial charge in [-0.15, -0.1) is 11.3 Å². The number of amides is 1. The van der Waals surface area contributed by atoms with Gasteiger partial charge in [-0.2, -0.15) is 0 Å². The first-order valence-corrected chi connectivity index (χ1v) is 8.63. The molecular formula is C16H25N2O2S+. The minimum absolute atomic E-state index is 0.0155. The third kappa shape index (κ3) is 4.64. The molecule has 116 valence electrons. The summed E-state index contributed by atoms with van der Waals surface area (Å²) >= 11 is 1.27. The van der Waals surface area contributed by atoms with Crippen LogP contribution in [0.2, 0.25) is 0 Å². The minimum atomic E-state index is -0.0609. The zero-order valence-corrected chi connectivity index (χ0v) is 13.7. The Kier molecular flexibility index (Phi) is 5.94. The zero-order valence-electron chi connectivity index (χ0n) is 12.9. The molecular weight excluding hydrogens is 284 g/mol. The highest BCUT2D eigenvalue weighted by Crippen LogP contribution is 2.16. The molecule has 1 aliphatic heterocycles. The van der Waals surface area contributed by atoms with Crippen molar-refractivity contribution in [2.24, 2.45) is 0 Å². The summed E-state index contributed by atoms with van der Waals surface area (Å²) in [6.07, 6.45) is 5.02. The van der Waals surface area contributed by atoms with Crippen molar-refractivity contribution in [3.05, 3.63) is 21.9 Å². The second kappa shape index (κ2) is 7.71. The SMILES string of the molecule is CC(=O)c1ccc(C(=O)NCCC[NH+]2CCCC[C@@H]2C)s1. The number of carbonyl (C=O) groups is 2. The van der Waals surface area contributed by atoms with E-state index >= 15 is 0 Å². The molecule has 1 saturated heterocycles. The number of quaternary nitrogens is 1. The van der Waals surface area contributed by atoms with Gasteiger partial charge in [0.1, 0.15) is 0 Å². The maximum atomic E-state index is 12.0. The molecule has 0 aliphatic carbocycles. The summed E-state index contributed by atoms with van der Waals surface area (Å²) in [5.41, 5.74) is 0. The van der Waals surface area contributed by atoms with Crippen LogP contribution >= 0.6 is 11.3 Å². The fourth-order valence-electron chi connectivity index (χ4n) is 2.88. The van der Waals surface area contributed by atoms with E-state index < -0.39 is 0 Å². The van der Waals surface area contributed by atoms with Crippen molar-refractivity contribution < 1.29 is 14.5 Å². The van der Waals surface area contributed by atoms with Crippen molar-refractivity contribution in [2.45, 2.75) is 45.6 Å². The molecule has 5 heteroatoms. The number of thiophene rings is 1. The number of likely N-dealkylation sites (tertiary alicyclic amines) is 1. The van der Waals surface area contributed by atoms with E-state index in [2.05, 4.69) is 12.2 Å². The van der Waals surface area contributed by atoms with Gasteiger partial charge < -0.3 is 10.2 Å². The van der Waals surface area contributed by atoms with Crippen LogP contribution in [0.1, 0.15) is 58.9 Å². The lowest BCUT2D eigenvalue weighted by Crippen LogP contribution is -3.16. The number of nitrogens with one attached hydrogen (secondary N) is 2. The van der Waals surface area contributed by atoms with E-state index in [0.29, 0.717) is 16.3 Å². The molecule has 21 heavy (non-hydrogen) atoms. The maximum absolute atomic E-state index is 12.0. The highest BCUT2D eigenvalue weighted by atomic mass is 32.1. The van der Waals surface area contributed by atoms with Crippen molar-refractivity contribution >= 4 is 23.0 Å². The monoisotopic (exact) mass is 309 g/mol. The van der Waals surface area contributed by atoms with E-state index in [1.165, 1.54) is 44.1 Å². The first-order chi connectivity index (χ1) is 10.1. The first-order valence-electron chi connectivity index (χ1n) is 7.81. The van der Waals surface area contributed by atoms with E-state index in [1.54, 1.807) is 17.0 Å². The molecule has 0 bridgehead atoms. The summed E-state index contributed by atoms with van der Waals surface area (Å²) in [6, 6.07) is 4.21. The highest BCUT2D eigenvalue weighted by molar-refractivity contribution is 7.15. The van der Waals surface area contributed by atoms with Crippen LogP contribution in [0, 0.1) is 0 Å². The first kappa shape index (κ1) is 16.2. The average Bonchev–Trinajstić information content (AvgIpc) is 2.95. The molecule has 1 aromatic heterocycles.